The summed E-state index contributed by atoms with van der Waals surface area (Å²) in [5, 5.41) is -0.256. The summed E-state index contributed by atoms with van der Waals surface area (Å²) in [6, 6.07) is 0. The van der Waals surface area contributed by atoms with E-state index >= 15 is 0 Å². The van der Waals surface area contributed by atoms with E-state index in [9.17, 15) is 13.6 Å². The Hall–Kier alpha value is -0.610. The van der Waals surface area contributed by atoms with E-state index in [-0.39, 0.29) is 10.9 Å². The lowest BCUT2D eigenvalue weighted by Crippen LogP contribution is -2.14. The monoisotopic (exact) mass is 227 g/mol. The second kappa shape index (κ2) is 4.07. The summed E-state index contributed by atoms with van der Waals surface area (Å²) in [7, 11) is 0. The Labute approximate surface area is 82.5 Å². The Bertz CT molecular complexity index is 364. The first-order chi connectivity index (χ1) is 6.07. The standard InChI is InChI=1S/C7H5Cl2F2NO/c8-1-3-2-12-7(13)4(5(3)9)6(10)11/h2,6H,1H2,(H,12,13). The molecular formula is C7H5Cl2F2NO. The molecule has 0 atom stereocenters. The lowest BCUT2D eigenvalue weighted by molar-refractivity contribution is 0.149. The number of pyridine rings is 1. The smallest absolute Gasteiger partial charge is 0.270 e. The molecule has 1 N–H and O–H groups in total. The minimum absolute atomic E-state index is 0.0185. The summed E-state index contributed by atoms with van der Waals surface area (Å²) >= 11 is 10.9. The number of aromatic nitrogens is 1. The summed E-state index contributed by atoms with van der Waals surface area (Å²) in [6.07, 6.45) is -1.66. The molecule has 0 aliphatic rings. The number of rotatable bonds is 2. The van der Waals surface area contributed by atoms with Crippen molar-refractivity contribution >= 4 is 23.2 Å². The van der Waals surface area contributed by atoms with Crippen molar-refractivity contribution in [2.75, 3.05) is 0 Å². The average Bonchev–Trinajstić information content (AvgIpc) is 2.04. The van der Waals surface area contributed by atoms with E-state index in [2.05, 4.69) is 4.98 Å². The Morgan fingerprint density at radius 1 is 1.54 bits per heavy atom. The van der Waals surface area contributed by atoms with Gasteiger partial charge in [0.2, 0.25) is 0 Å². The molecule has 0 saturated heterocycles. The molecule has 0 amide bonds. The van der Waals surface area contributed by atoms with Crippen LogP contribution < -0.4 is 5.56 Å². The van der Waals surface area contributed by atoms with Gasteiger partial charge in [0.25, 0.3) is 12.0 Å². The molecule has 0 aliphatic carbocycles. The van der Waals surface area contributed by atoms with Crippen LogP contribution in [0.4, 0.5) is 8.78 Å². The molecule has 0 bridgehead atoms. The second-order valence-electron chi connectivity index (χ2n) is 2.31. The number of aromatic amines is 1. The molecule has 0 radical (unpaired) electrons. The minimum atomic E-state index is -2.89. The highest BCUT2D eigenvalue weighted by Crippen LogP contribution is 2.26. The Morgan fingerprint density at radius 3 is 2.62 bits per heavy atom. The summed E-state index contributed by atoms with van der Waals surface area (Å²) in [5.41, 5.74) is -1.31. The molecular weight excluding hydrogens is 223 g/mol. The normalized spacial score (nSPS) is 10.8. The van der Waals surface area contributed by atoms with Crippen LogP contribution in [0.25, 0.3) is 0 Å². The molecule has 0 unspecified atom stereocenters. The van der Waals surface area contributed by atoms with Crippen LogP contribution in [0.1, 0.15) is 17.6 Å². The fourth-order valence-electron chi connectivity index (χ4n) is 0.859. The van der Waals surface area contributed by atoms with Gasteiger partial charge in [0, 0.05) is 11.8 Å². The van der Waals surface area contributed by atoms with Gasteiger partial charge in [-0.3, -0.25) is 4.79 Å². The Morgan fingerprint density at radius 2 is 2.15 bits per heavy atom. The van der Waals surface area contributed by atoms with Crippen LogP contribution in [0.15, 0.2) is 11.0 Å². The quantitative estimate of drug-likeness (QED) is 0.775. The van der Waals surface area contributed by atoms with Crippen LogP contribution in [0.2, 0.25) is 5.02 Å². The van der Waals surface area contributed by atoms with Gasteiger partial charge in [-0.25, -0.2) is 8.78 Å². The molecule has 0 saturated carbocycles. The van der Waals surface area contributed by atoms with Crippen LogP contribution >= 0.6 is 23.2 Å². The van der Waals surface area contributed by atoms with E-state index in [1.807, 2.05) is 0 Å². The molecule has 2 nitrogen and oxygen atoms in total. The van der Waals surface area contributed by atoms with Gasteiger partial charge in [0.15, 0.2) is 0 Å². The molecule has 0 fully saturated rings. The van der Waals surface area contributed by atoms with Gasteiger partial charge < -0.3 is 4.98 Å². The lowest BCUT2D eigenvalue weighted by atomic mass is 10.2. The summed E-state index contributed by atoms with van der Waals surface area (Å²) in [6.45, 7) is 0. The van der Waals surface area contributed by atoms with Crippen LogP contribution in [0, 0.1) is 0 Å². The molecule has 1 heterocycles. The molecule has 6 heteroatoms. The van der Waals surface area contributed by atoms with E-state index in [0.29, 0.717) is 5.56 Å². The zero-order valence-corrected chi connectivity index (χ0v) is 7.79. The summed E-state index contributed by atoms with van der Waals surface area (Å²) in [5.74, 6) is -0.0185. The largest absolute Gasteiger partial charge is 0.328 e. The summed E-state index contributed by atoms with van der Waals surface area (Å²) in [4.78, 5) is 13.0. The third-order valence-corrected chi connectivity index (χ3v) is 2.24. The third-order valence-electron chi connectivity index (χ3n) is 1.50. The fraction of sp³-hybridized carbons (Fsp3) is 0.286. The van der Waals surface area contributed by atoms with Crippen molar-refractivity contribution in [3.63, 3.8) is 0 Å². The predicted octanol–water partition coefficient (Wildman–Crippen LogP) is 2.70. The van der Waals surface area contributed by atoms with Crippen molar-refractivity contribution in [2.24, 2.45) is 0 Å². The van der Waals surface area contributed by atoms with Crippen LogP contribution in [0.3, 0.4) is 0 Å². The highest BCUT2D eigenvalue weighted by molar-refractivity contribution is 6.33. The minimum Gasteiger partial charge on any atom is -0.328 e. The third kappa shape index (κ3) is 2.00. The van der Waals surface area contributed by atoms with Crippen LogP contribution in [-0.4, -0.2) is 4.98 Å². The second-order valence-corrected chi connectivity index (χ2v) is 2.95. The SMILES string of the molecule is O=c1[nH]cc(CCl)c(Cl)c1C(F)F. The Balaban J connectivity index is 3.39. The van der Waals surface area contributed by atoms with Gasteiger partial charge in [-0.15, -0.1) is 11.6 Å². The Kier molecular flexibility index (Phi) is 3.27. The van der Waals surface area contributed by atoms with Gasteiger partial charge in [-0.05, 0) is 0 Å². The van der Waals surface area contributed by atoms with Crippen molar-refractivity contribution in [3.8, 4) is 0 Å². The highest BCUT2D eigenvalue weighted by Gasteiger charge is 2.18. The molecule has 1 rings (SSSR count). The van der Waals surface area contributed by atoms with Gasteiger partial charge in [0.05, 0.1) is 10.9 Å². The van der Waals surface area contributed by atoms with E-state index in [1.54, 1.807) is 0 Å². The zero-order chi connectivity index (χ0) is 10.0. The van der Waals surface area contributed by atoms with Crippen molar-refractivity contribution in [3.05, 3.63) is 32.7 Å². The molecule has 0 aliphatic heterocycles. The van der Waals surface area contributed by atoms with E-state index in [0.717, 1.165) is 0 Å². The van der Waals surface area contributed by atoms with E-state index in [4.69, 9.17) is 23.2 Å². The van der Waals surface area contributed by atoms with Crippen molar-refractivity contribution in [2.45, 2.75) is 12.3 Å². The molecule has 13 heavy (non-hydrogen) atoms. The van der Waals surface area contributed by atoms with Gasteiger partial charge >= 0.3 is 0 Å². The van der Waals surface area contributed by atoms with Gasteiger partial charge in [0.1, 0.15) is 5.56 Å². The highest BCUT2D eigenvalue weighted by atomic mass is 35.5. The number of hydrogen-bond donors (Lipinski definition) is 1. The van der Waals surface area contributed by atoms with Crippen molar-refractivity contribution in [1.29, 1.82) is 0 Å². The topological polar surface area (TPSA) is 32.9 Å². The molecule has 1 aromatic heterocycles. The molecule has 0 spiro atoms. The summed E-state index contributed by atoms with van der Waals surface area (Å²) < 4.78 is 24.5. The molecule has 72 valence electrons. The average molecular weight is 228 g/mol. The van der Waals surface area contributed by atoms with Gasteiger partial charge in [-0.2, -0.15) is 0 Å². The number of nitrogens with one attached hydrogen (secondary N) is 1. The zero-order valence-electron chi connectivity index (χ0n) is 6.28. The first-order valence-electron chi connectivity index (χ1n) is 3.32. The number of hydrogen-bond acceptors (Lipinski definition) is 1. The molecule has 0 aromatic carbocycles. The fourth-order valence-corrected chi connectivity index (χ4v) is 1.43. The first-order valence-corrected chi connectivity index (χ1v) is 4.23. The van der Waals surface area contributed by atoms with Gasteiger partial charge in [-0.1, -0.05) is 11.6 Å². The van der Waals surface area contributed by atoms with Crippen LogP contribution in [0.5, 0.6) is 0 Å². The van der Waals surface area contributed by atoms with Crippen molar-refractivity contribution in [1.82, 2.24) is 4.98 Å². The van der Waals surface area contributed by atoms with Crippen LogP contribution in [-0.2, 0) is 5.88 Å². The van der Waals surface area contributed by atoms with E-state index < -0.39 is 17.5 Å². The number of H-pyrrole nitrogens is 1. The number of halogens is 4. The number of alkyl halides is 3. The predicted molar refractivity (Wildman–Crippen MR) is 46.6 cm³/mol. The van der Waals surface area contributed by atoms with Crippen molar-refractivity contribution < 1.29 is 8.78 Å². The lowest BCUT2D eigenvalue weighted by Gasteiger charge is -2.04. The first kappa shape index (κ1) is 10.5. The maximum Gasteiger partial charge on any atom is 0.270 e. The maximum absolute atomic E-state index is 12.3. The maximum atomic E-state index is 12.3. The molecule has 1 aromatic rings. The van der Waals surface area contributed by atoms with E-state index in [1.165, 1.54) is 6.20 Å².